The molecule has 1 heterocycles. The third kappa shape index (κ3) is 2.32. The number of aliphatic imine (C=N–C) groups is 1. The van der Waals surface area contributed by atoms with Gasteiger partial charge in [0, 0.05) is 4.88 Å². The van der Waals surface area contributed by atoms with E-state index in [0.717, 1.165) is 24.8 Å². The van der Waals surface area contributed by atoms with E-state index in [2.05, 4.69) is 29.3 Å². The Morgan fingerprint density at radius 2 is 2.41 bits per heavy atom. The summed E-state index contributed by atoms with van der Waals surface area (Å²) < 4.78 is 4.82. The molecule has 1 aliphatic carbocycles. The zero-order chi connectivity index (χ0) is 12.4. The SMILES string of the molecule is COC(=O)c1c(N=C=S)sc2c1CC[C@H](C)C2. The molecule has 3 nitrogen and oxygen atoms in total. The zero-order valence-electron chi connectivity index (χ0n) is 9.78. The molecular formula is C12H13NO2S2. The molecule has 0 bridgehead atoms. The first kappa shape index (κ1) is 12.4. The summed E-state index contributed by atoms with van der Waals surface area (Å²) in [6.07, 6.45) is 3.04. The number of ether oxygens (including phenoxy) is 1. The van der Waals surface area contributed by atoms with E-state index < -0.39 is 0 Å². The van der Waals surface area contributed by atoms with Crippen molar-refractivity contribution in [1.82, 2.24) is 0 Å². The van der Waals surface area contributed by atoms with E-state index in [-0.39, 0.29) is 5.97 Å². The highest BCUT2D eigenvalue weighted by Crippen LogP contribution is 2.41. The highest BCUT2D eigenvalue weighted by atomic mass is 32.1. The van der Waals surface area contributed by atoms with Gasteiger partial charge < -0.3 is 4.74 Å². The minimum atomic E-state index is -0.318. The Bertz CT molecular complexity index is 501. The number of methoxy groups -OCH3 is 1. The van der Waals surface area contributed by atoms with Gasteiger partial charge in [0.2, 0.25) is 0 Å². The van der Waals surface area contributed by atoms with E-state index in [4.69, 9.17) is 4.74 Å². The monoisotopic (exact) mass is 267 g/mol. The van der Waals surface area contributed by atoms with Crippen LogP contribution in [-0.2, 0) is 17.6 Å². The van der Waals surface area contributed by atoms with Gasteiger partial charge in [-0.25, -0.2) is 4.79 Å². The van der Waals surface area contributed by atoms with Gasteiger partial charge in [0.25, 0.3) is 0 Å². The van der Waals surface area contributed by atoms with Crippen molar-refractivity contribution in [3.05, 3.63) is 16.0 Å². The lowest BCUT2D eigenvalue weighted by Crippen LogP contribution is -2.12. The van der Waals surface area contributed by atoms with Crippen LogP contribution < -0.4 is 0 Å². The summed E-state index contributed by atoms with van der Waals surface area (Å²) in [7, 11) is 1.39. The van der Waals surface area contributed by atoms with Crippen LogP contribution in [0.5, 0.6) is 0 Å². The van der Waals surface area contributed by atoms with Crippen molar-refractivity contribution in [2.75, 3.05) is 7.11 Å². The Hall–Kier alpha value is -1.03. The van der Waals surface area contributed by atoms with Gasteiger partial charge in [0.05, 0.1) is 12.3 Å². The van der Waals surface area contributed by atoms with Gasteiger partial charge in [-0.1, -0.05) is 6.92 Å². The summed E-state index contributed by atoms with van der Waals surface area (Å²) in [6.45, 7) is 2.22. The molecular weight excluding hydrogens is 254 g/mol. The van der Waals surface area contributed by atoms with Crippen molar-refractivity contribution in [1.29, 1.82) is 0 Å². The van der Waals surface area contributed by atoms with Crippen LogP contribution in [-0.4, -0.2) is 18.2 Å². The average molecular weight is 267 g/mol. The van der Waals surface area contributed by atoms with Crippen LogP contribution in [0.1, 0.15) is 34.1 Å². The molecule has 1 aliphatic rings. The largest absolute Gasteiger partial charge is 0.465 e. The van der Waals surface area contributed by atoms with Gasteiger partial charge in [-0.05, 0) is 43.0 Å². The number of thiophene rings is 1. The van der Waals surface area contributed by atoms with Gasteiger partial charge in [0.15, 0.2) is 0 Å². The van der Waals surface area contributed by atoms with Gasteiger partial charge in [-0.15, -0.1) is 11.3 Å². The second-order valence-corrected chi connectivity index (χ2v) is 5.49. The second-order valence-electron chi connectivity index (χ2n) is 4.23. The Morgan fingerprint density at radius 1 is 1.65 bits per heavy atom. The predicted octanol–water partition coefficient (Wildman–Crippen LogP) is 3.39. The number of fused-ring (bicyclic) bond motifs is 1. The van der Waals surface area contributed by atoms with Crippen LogP contribution in [0.4, 0.5) is 5.00 Å². The van der Waals surface area contributed by atoms with Gasteiger partial charge >= 0.3 is 5.97 Å². The van der Waals surface area contributed by atoms with Gasteiger partial charge in [-0.2, -0.15) is 4.99 Å². The van der Waals surface area contributed by atoms with Crippen molar-refractivity contribution in [2.45, 2.75) is 26.2 Å². The molecule has 0 fully saturated rings. The van der Waals surface area contributed by atoms with Crippen molar-refractivity contribution >= 4 is 39.7 Å². The quantitative estimate of drug-likeness (QED) is 0.468. The molecule has 0 aromatic carbocycles. The lowest BCUT2D eigenvalue weighted by atomic mass is 9.88. The normalized spacial score (nSPS) is 18.1. The van der Waals surface area contributed by atoms with Gasteiger partial charge in [0.1, 0.15) is 10.6 Å². The van der Waals surface area contributed by atoms with Gasteiger partial charge in [-0.3, -0.25) is 0 Å². The second kappa shape index (κ2) is 5.08. The number of carbonyl (C=O) groups excluding carboxylic acids is 1. The van der Waals surface area contributed by atoms with Crippen LogP contribution >= 0.6 is 23.6 Å². The molecule has 5 heteroatoms. The third-order valence-electron chi connectivity index (χ3n) is 3.03. The molecule has 90 valence electrons. The smallest absolute Gasteiger partial charge is 0.341 e. The number of isothiocyanates is 1. The van der Waals surface area contributed by atoms with E-state index in [1.54, 1.807) is 0 Å². The number of nitrogens with zero attached hydrogens (tertiary/aromatic N) is 1. The van der Waals surface area contributed by atoms with Crippen LogP contribution in [0.3, 0.4) is 0 Å². The van der Waals surface area contributed by atoms with E-state index >= 15 is 0 Å². The summed E-state index contributed by atoms with van der Waals surface area (Å²) in [5.41, 5.74) is 1.70. The highest BCUT2D eigenvalue weighted by Gasteiger charge is 2.27. The van der Waals surface area contributed by atoms with E-state index in [9.17, 15) is 4.79 Å². The molecule has 1 aromatic heterocycles. The fourth-order valence-corrected chi connectivity index (χ4v) is 3.65. The molecule has 0 unspecified atom stereocenters. The number of thiocarbonyl (C=S) groups is 1. The summed E-state index contributed by atoms with van der Waals surface area (Å²) in [6, 6.07) is 0. The summed E-state index contributed by atoms with van der Waals surface area (Å²) >= 11 is 6.16. The number of rotatable bonds is 2. The fourth-order valence-electron chi connectivity index (χ4n) is 2.17. The lowest BCUT2D eigenvalue weighted by molar-refractivity contribution is 0.0600. The maximum Gasteiger partial charge on any atom is 0.341 e. The fraction of sp³-hybridized carbons (Fsp3) is 0.500. The molecule has 1 aromatic rings. The summed E-state index contributed by atoms with van der Waals surface area (Å²) in [4.78, 5) is 17.0. The minimum absolute atomic E-state index is 0.318. The molecule has 17 heavy (non-hydrogen) atoms. The Labute approximate surface area is 110 Å². The first-order chi connectivity index (χ1) is 8.17. The standard InChI is InChI=1S/C12H13NO2S2/c1-7-3-4-8-9(5-7)17-11(13-6-16)10(8)12(14)15-2/h7H,3-5H2,1-2H3/t7-/m0/s1. The Balaban J connectivity index is 2.54. The van der Waals surface area contributed by atoms with Crippen molar-refractivity contribution < 1.29 is 9.53 Å². The molecule has 0 spiro atoms. The predicted molar refractivity (Wildman–Crippen MR) is 71.5 cm³/mol. The number of hydrogen-bond donors (Lipinski definition) is 0. The summed E-state index contributed by atoms with van der Waals surface area (Å²) in [5.74, 6) is 0.344. The van der Waals surface area contributed by atoms with Crippen molar-refractivity contribution in [2.24, 2.45) is 10.9 Å². The molecule has 0 amide bonds. The molecule has 0 N–H and O–H groups in total. The topological polar surface area (TPSA) is 38.7 Å². The number of hydrogen-bond acceptors (Lipinski definition) is 5. The number of carbonyl (C=O) groups is 1. The minimum Gasteiger partial charge on any atom is -0.465 e. The third-order valence-corrected chi connectivity index (χ3v) is 4.27. The molecule has 2 rings (SSSR count). The number of esters is 1. The van der Waals surface area contributed by atoms with E-state index in [1.165, 1.54) is 23.3 Å². The maximum atomic E-state index is 11.8. The van der Waals surface area contributed by atoms with Crippen LogP contribution in [0, 0.1) is 5.92 Å². The Kier molecular flexibility index (Phi) is 3.72. The van der Waals surface area contributed by atoms with Crippen LogP contribution in [0.25, 0.3) is 0 Å². The molecule has 0 aliphatic heterocycles. The summed E-state index contributed by atoms with van der Waals surface area (Å²) in [5, 5.41) is 2.98. The molecule has 0 saturated heterocycles. The molecule has 0 radical (unpaired) electrons. The maximum absolute atomic E-state index is 11.8. The molecule has 0 saturated carbocycles. The zero-order valence-corrected chi connectivity index (χ0v) is 11.4. The van der Waals surface area contributed by atoms with E-state index in [0.29, 0.717) is 16.5 Å². The van der Waals surface area contributed by atoms with Crippen molar-refractivity contribution in [3.63, 3.8) is 0 Å². The molecule has 1 atom stereocenters. The average Bonchev–Trinajstić information content (AvgIpc) is 2.65. The first-order valence-electron chi connectivity index (χ1n) is 5.48. The highest BCUT2D eigenvalue weighted by molar-refractivity contribution is 7.78. The van der Waals surface area contributed by atoms with Crippen molar-refractivity contribution in [3.8, 4) is 0 Å². The first-order valence-corrected chi connectivity index (χ1v) is 6.70. The van der Waals surface area contributed by atoms with Crippen LogP contribution in [0.2, 0.25) is 0 Å². The van der Waals surface area contributed by atoms with Crippen LogP contribution in [0.15, 0.2) is 4.99 Å². The Morgan fingerprint density at radius 3 is 3.06 bits per heavy atom. The lowest BCUT2D eigenvalue weighted by Gasteiger charge is -2.18. The van der Waals surface area contributed by atoms with E-state index in [1.807, 2.05) is 0 Å².